The summed E-state index contributed by atoms with van der Waals surface area (Å²) in [5.41, 5.74) is 6.67. The van der Waals surface area contributed by atoms with E-state index in [0.29, 0.717) is 12.1 Å². The number of aryl methyl sites for hydroxylation is 1. The van der Waals surface area contributed by atoms with E-state index in [4.69, 9.17) is 5.73 Å². The highest BCUT2D eigenvalue weighted by atomic mass is 32.2. The highest BCUT2D eigenvalue weighted by Gasteiger charge is 2.35. The van der Waals surface area contributed by atoms with Gasteiger partial charge in [0.25, 0.3) is 0 Å². The number of hydrogen-bond acceptors (Lipinski definition) is 4. The van der Waals surface area contributed by atoms with Crippen LogP contribution >= 0.6 is 0 Å². The van der Waals surface area contributed by atoms with Gasteiger partial charge in [-0.05, 0) is 18.9 Å². The Labute approximate surface area is 95.6 Å². The summed E-state index contributed by atoms with van der Waals surface area (Å²) in [5, 5.41) is 3.72. The van der Waals surface area contributed by atoms with Gasteiger partial charge in [0, 0.05) is 13.2 Å². The van der Waals surface area contributed by atoms with Crippen LogP contribution < -0.4 is 5.73 Å². The van der Waals surface area contributed by atoms with Crippen molar-refractivity contribution in [3.63, 3.8) is 0 Å². The van der Waals surface area contributed by atoms with Gasteiger partial charge in [0.15, 0.2) is 9.84 Å². The molecule has 2 rings (SSSR count). The second-order valence-corrected chi connectivity index (χ2v) is 6.68. The Morgan fingerprint density at radius 1 is 1.56 bits per heavy atom. The summed E-state index contributed by atoms with van der Waals surface area (Å²) in [4.78, 5) is 0. The first-order valence-corrected chi connectivity index (χ1v) is 7.19. The molecule has 1 saturated heterocycles. The molecular weight excluding hydrogens is 226 g/mol. The van der Waals surface area contributed by atoms with Crippen molar-refractivity contribution in [3.05, 3.63) is 18.0 Å². The van der Waals surface area contributed by atoms with Gasteiger partial charge in [-0.25, -0.2) is 8.42 Å². The summed E-state index contributed by atoms with van der Waals surface area (Å²) in [6.45, 7) is 0. The Morgan fingerprint density at radius 3 is 2.88 bits per heavy atom. The zero-order chi connectivity index (χ0) is 11.8. The average molecular weight is 243 g/mol. The summed E-state index contributed by atoms with van der Waals surface area (Å²) in [5.74, 6) is 0.262. The maximum Gasteiger partial charge on any atom is 0.155 e. The molecule has 0 spiro atoms. The maximum atomic E-state index is 11.9. The molecule has 2 heterocycles. The van der Waals surface area contributed by atoms with E-state index in [9.17, 15) is 8.42 Å². The quantitative estimate of drug-likeness (QED) is 0.815. The smallest absolute Gasteiger partial charge is 0.155 e. The van der Waals surface area contributed by atoms with Crippen molar-refractivity contribution in [2.24, 2.45) is 12.8 Å². The molecule has 0 aromatic carbocycles. The highest BCUT2D eigenvalue weighted by Crippen LogP contribution is 2.28. The van der Waals surface area contributed by atoms with Crippen molar-refractivity contribution in [2.75, 3.05) is 5.75 Å². The van der Waals surface area contributed by atoms with Crippen LogP contribution in [0.25, 0.3) is 0 Å². The number of aromatic nitrogens is 2. The van der Waals surface area contributed by atoms with Crippen LogP contribution in [0, 0.1) is 0 Å². The molecule has 0 bridgehead atoms. The molecule has 0 amide bonds. The number of nitrogens with zero attached hydrogens (tertiary/aromatic N) is 2. The fraction of sp³-hybridized carbons (Fsp3) is 0.700. The van der Waals surface area contributed by atoms with Crippen molar-refractivity contribution in [2.45, 2.75) is 30.6 Å². The molecule has 2 atom stereocenters. The van der Waals surface area contributed by atoms with E-state index < -0.39 is 21.1 Å². The molecule has 5 nitrogen and oxygen atoms in total. The molecule has 0 radical (unpaired) electrons. The Hall–Kier alpha value is -0.880. The van der Waals surface area contributed by atoms with E-state index >= 15 is 0 Å². The zero-order valence-corrected chi connectivity index (χ0v) is 10.2. The fourth-order valence-corrected chi connectivity index (χ4v) is 4.21. The second kappa shape index (κ2) is 4.18. The first-order chi connectivity index (χ1) is 7.50. The fourth-order valence-electron chi connectivity index (χ4n) is 2.18. The summed E-state index contributed by atoms with van der Waals surface area (Å²) >= 11 is 0. The van der Waals surface area contributed by atoms with Crippen LogP contribution in [0.4, 0.5) is 0 Å². The molecule has 1 aromatic heterocycles. The zero-order valence-electron chi connectivity index (χ0n) is 9.33. The Morgan fingerprint density at radius 2 is 2.31 bits per heavy atom. The van der Waals surface area contributed by atoms with Gasteiger partial charge in [-0.15, -0.1) is 0 Å². The van der Waals surface area contributed by atoms with Crippen molar-refractivity contribution < 1.29 is 8.42 Å². The van der Waals surface area contributed by atoms with Crippen molar-refractivity contribution >= 4 is 9.84 Å². The van der Waals surface area contributed by atoms with Crippen molar-refractivity contribution in [3.8, 4) is 0 Å². The van der Waals surface area contributed by atoms with Crippen LogP contribution in [-0.2, 0) is 16.9 Å². The van der Waals surface area contributed by atoms with E-state index in [-0.39, 0.29) is 5.75 Å². The van der Waals surface area contributed by atoms with Crippen LogP contribution in [0.2, 0.25) is 0 Å². The molecule has 0 aliphatic carbocycles. The number of sulfone groups is 1. The van der Waals surface area contributed by atoms with E-state index in [1.165, 1.54) is 0 Å². The topological polar surface area (TPSA) is 78.0 Å². The lowest BCUT2D eigenvalue weighted by Gasteiger charge is -2.26. The van der Waals surface area contributed by atoms with Crippen LogP contribution in [-0.4, -0.2) is 29.2 Å². The molecule has 2 N–H and O–H groups in total. The highest BCUT2D eigenvalue weighted by molar-refractivity contribution is 7.92. The summed E-state index contributed by atoms with van der Waals surface area (Å²) < 4.78 is 25.4. The monoisotopic (exact) mass is 243 g/mol. The number of nitrogens with two attached hydrogens (primary N) is 1. The minimum absolute atomic E-state index is 0.262. The van der Waals surface area contributed by atoms with Gasteiger partial charge in [-0.2, -0.15) is 5.10 Å². The lowest BCUT2D eigenvalue weighted by molar-refractivity contribution is 0.497. The SMILES string of the molecule is Cn1ccc(C(N)C2CCCCS2(=O)=O)n1. The van der Waals surface area contributed by atoms with Gasteiger partial charge >= 0.3 is 0 Å². The molecule has 2 unspecified atom stereocenters. The summed E-state index contributed by atoms with van der Waals surface area (Å²) in [6.07, 6.45) is 4.13. The van der Waals surface area contributed by atoms with Gasteiger partial charge in [0.2, 0.25) is 0 Å². The molecule has 1 fully saturated rings. The molecule has 1 aliphatic rings. The van der Waals surface area contributed by atoms with Crippen LogP contribution in [0.5, 0.6) is 0 Å². The molecule has 0 saturated carbocycles. The predicted molar refractivity (Wildman–Crippen MR) is 61.6 cm³/mol. The molecule has 16 heavy (non-hydrogen) atoms. The van der Waals surface area contributed by atoms with Crippen molar-refractivity contribution in [1.29, 1.82) is 0 Å². The largest absolute Gasteiger partial charge is 0.322 e. The predicted octanol–water partition coefficient (Wildman–Crippen LogP) is 0.387. The third kappa shape index (κ3) is 2.12. The minimum Gasteiger partial charge on any atom is -0.322 e. The summed E-state index contributed by atoms with van der Waals surface area (Å²) in [7, 11) is -1.24. The Balaban J connectivity index is 2.24. The standard InChI is InChI=1S/C10H17N3O2S/c1-13-6-5-8(12-13)10(11)9-4-2-3-7-16(9,14)15/h5-6,9-10H,2-4,7,11H2,1H3. The molecular formula is C10H17N3O2S. The normalized spacial score (nSPS) is 26.5. The molecule has 6 heteroatoms. The third-order valence-electron chi connectivity index (χ3n) is 3.11. The van der Waals surface area contributed by atoms with Crippen LogP contribution in [0.3, 0.4) is 0 Å². The Kier molecular flexibility index (Phi) is 3.03. The first kappa shape index (κ1) is 11.6. The van der Waals surface area contributed by atoms with Crippen LogP contribution in [0.15, 0.2) is 12.3 Å². The van der Waals surface area contributed by atoms with Gasteiger partial charge in [-0.3, -0.25) is 4.68 Å². The number of rotatable bonds is 2. The summed E-state index contributed by atoms with van der Waals surface area (Å²) in [6, 6.07) is 1.29. The van der Waals surface area contributed by atoms with E-state index in [1.807, 2.05) is 0 Å². The van der Waals surface area contributed by atoms with Crippen LogP contribution in [0.1, 0.15) is 31.0 Å². The Bertz CT molecular complexity index is 466. The minimum atomic E-state index is -3.04. The molecule has 1 aromatic rings. The van der Waals surface area contributed by atoms with Gasteiger partial charge in [0.1, 0.15) is 0 Å². The second-order valence-electron chi connectivity index (χ2n) is 4.34. The van der Waals surface area contributed by atoms with Gasteiger partial charge in [0.05, 0.1) is 22.7 Å². The first-order valence-electron chi connectivity index (χ1n) is 5.47. The third-order valence-corrected chi connectivity index (χ3v) is 5.41. The van der Waals surface area contributed by atoms with Gasteiger partial charge < -0.3 is 5.73 Å². The maximum absolute atomic E-state index is 11.9. The lowest BCUT2D eigenvalue weighted by atomic mass is 10.1. The van der Waals surface area contributed by atoms with E-state index in [0.717, 1.165) is 12.8 Å². The lowest BCUT2D eigenvalue weighted by Crippen LogP contribution is -2.38. The van der Waals surface area contributed by atoms with E-state index in [2.05, 4.69) is 5.10 Å². The van der Waals surface area contributed by atoms with Gasteiger partial charge in [-0.1, -0.05) is 6.42 Å². The average Bonchev–Trinajstić information content (AvgIpc) is 2.63. The van der Waals surface area contributed by atoms with Crippen molar-refractivity contribution in [1.82, 2.24) is 9.78 Å². The molecule has 1 aliphatic heterocycles. The molecule has 90 valence electrons. The van der Waals surface area contributed by atoms with E-state index in [1.54, 1.807) is 24.0 Å². The number of hydrogen-bond donors (Lipinski definition) is 1.